The average Bonchev–Trinajstić information content (AvgIpc) is 4.03. The number of imidazole rings is 2. The predicted molar refractivity (Wildman–Crippen MR) is 267 cm³/mol. The van der Waals surface area contributed by atoms with Crippen LogP contribution >= 0.6 is 0 Å². The summed E-state index contributed by atoms with van der Waals surface area (Å²) in [6.07, 6.45) is 18.7. The van der Waals surface area contributed by atoms with Crippen LogP contribution in [-0.2, 0) is 5.41 Å². The van der Waals surface area contributed by atoms with Crippen molar-refractivity contribution in [2.24, 2.45) is 5.41 Å². The van der Waals surface area contributed by atoms with Gasteiger partial charge in [-0.3, -0.25) is 9.13 Å². The zero-order valence-electron chi connectivity index (χ0n) is 36.3. The van der Waals surface area contributed by atoms with Gasteiger partial charge in [-0.25, -0.2) is 9.97 Å². The molecule has 3 aliphatic rings. The first-order valence-electron chi connectivity index (χ1n) is 22.4. The number of anilines is 1. The van der Waals surface area contributed by atoms with Gasteiger partial charge in [-0.2, -0.15) is 0 Å². The molecule has 2 aliphatic carbocycles. The normalized spacial score (nSPS) is 19.9. The molecule has 7 aromatic carbocycles. The molecular formula is C60H45N5. The SMILES string of the molecule is C#Cc1ccc(N2C3=C(CC(C)(c4cccc(-c5nc6ccccc6n5-c5ccccc5)c4)C=C3)C3(C)C=C(c4cccc(-c5nc6ccccc6n5-c5ccccc5)c4)C=CC23)cc1. The lowest BCUT2D eigenvalue weighted by Gasteiger charge is -2.39. The van der Waals surface area contributed by atoms with Gasteiger partial charge in [0.1, 0.15) is 11.6 Å². The Hall–Kier alpha value is -8.20. The number of nitrogens with zero attached hydrogens (tertiary/aromatic N) is 5. The highest BCUT2D eigenvalue weighted by Gasteiger charge is 2.51. The summed E-state index contributed by atoms with van der Waals surface area (Å²) in [6, 6.07) is 64.3. The van der Waals surface area contributed by atoms with E-state index in [2.05, 4.69) is 246 Å². The Morgan fingerprint density at radius 2 is 1.14 bits per heavy atom. The lowest BCUT2D eigenvalue weighted by atomic mass is 9.65. The van der Waals surface area contributed by atoms with E-state index in [4.69, 9.17) is 16.4 Å². The first kappa shape index (κ1) is 38.5. The molecule has 65 heavy (non-hydrogen) atoms. The summed E-state index contributed by atoms with van der Waals surface area (Å²) < 4.78 is 4.56. The van der Waals surface area contributed by atoms with E-state index in [-0.39, 0.29) is 16.9 Å². The molecular weight excluding hydrogens is 791 g/mol. The molecule has 12 rings (SSSR count). The second-order valence-corrected chi connectivity index (χ2v) is 17.9. The third-order valence-corrected chi connectivity index (χ3v) is 13.9. The van der Waals surface area contributed by atoms with Gasteiger partial charge in [-0.1, -0.05) is 134 Å². The second-order valence-electron chi connectivity index (χ2n) is 17.9. The summed E-state index contributed by atoms with van der Waals surface area (Å²) in [4.78, 5) is 13.0. The minimum atomic E-state index is -0.331. The fourth-order valence-electron chi connectivity index (χ4n) is 10.6. The van der Waals surface area contributed by atoms with Crippen LogP contribution in [0.25, 0.3) is 61.8 Å². The van der Waals surface area contributed by atoms with Crippen LogP contribution in [0.2, 0.25) is 0 Å². The maximum atomic E-state index is 5.84. The number of terminal acetylenes is 1. The van der Waals surface area contributed by atoms with Gasteiger partial charge in [0.2, 0.25) is 0 Å². The van der Waals surface area contributed by atoms with Crippen LogP contribution in [0.5, 0.6) is 0 Å². The minimum Gasteiger partial charge on any atom is -0.333 e. The van der Waals surface area contributed by atoms with Crippen molar-refractivity contribution in [3.63, 3.8) is 0 Å². The van der Waals surface area contributed by atoms with Gasteiger partial charge in [0.05, 0.1) is 28.1 Å². The molecule has 2 aromatic heterocycles. The van der Waals surface area contributed by atoms with E-state index < -0.39 is 0 Å². The average molecular weight is 836 g/mol. The summed E-state index contributed by atoms with van der Waals surface area (Å²) in [5.74, 6) is 4.67. The Balaban J connectivity index is 0.955. The zero-order chi connectivity index (χ0) is 43.7. The lowest BCUT2D eigenvalue weighted by molar-refractivity contribution is 0.435. The molecule has 9 aromatic rings. The van der Waals surface area contributed by atoms with Crippen LogP contribution in [0.3, 0.4) is 0 Å². The van der Waals surface area contributed by atoms with Gasteiger partial charge in [-0.15, -0.1) is 6.42 Å². The van der Waals surface area contributed by atoms with Crippen LogP contribution in [-0.4, -0.2) is 25.1 Å². The molecule has 3 unspecified atom stereocenters. The van der Waals surface area contributed by atoms with Crippen LogP contribution in [0.1, 0.15) is 37.0 Å². The quantitative estimate of drug-likeness (QED) is 0.150. The van der Waals surface area contributed by atoms with E-state index in [1.807, 2.05) is 0 Å². The highest BCUT2D eigenvalue weighted by molar-refractivity contribution is 5.87. The minimum absolute atomic E-state index is 0.0579. The van der Waals surface area contributed by atoms with E-state index in [1.165, 1.54) is 22.4 Å². The number of allylic oxidation sites excluding steroid dienone is 4. The summed E-state index contributed by atoms with van der Waals surface area (Å²) >= 11 is 0. The number of para-hydroxylation sites is 6. The van der Waals surface area contributed by atoms with Crippen molar-refractivity contribution in [2.45, 2.75) is 31.7 Å². The molecule has 0 saturated carbocycles. The van der Waals surface area contributed by atoms with E-state index >= 15 is 0 Å². The smallest absolute Gasteiger partial charge is 0.145 e. The highest BCUT2D eigenvalue weighted by atomic mass is 15.2. The largest absolute Gasteiger partial charge is 0.333 e. The van der Waals surface area contributed by atoms with Crippen molar-refractivity contribution < 1.29 is 0 Å². The molecule has 0 spiro atoms. The lowest BCUT2D eigenvalue weighted by Crippen LogP contribution is -2.39. The fourth-order valence-corrected chi connectivity index (χ4v) is 10.6. The third-order valence-electron chi connectivity index (χ3n) is 13.9. The molecule has 1 aliphatic heterocycles. The van der Waals surface area contributed by atoms with E-state index in [0.29, 0.717) is 0 Å². The predicted octanol–water partition coefficient (Wildman–Crippen LogP) is 13.7. The van der Waals surface area contributed by atoms with Gasteiger partial charge in [0, 0.05) is 50.3 Å². The summed E-state index contributed by atoms with van der Waals surface area (Å²) in [6.45, 7) is 4.82. The third kappa shape index (κ3) is 6.25. The molecule has 0 saturated heterocycles. The molecule has 0 bridgehead atoms. The van der Waals surface area contributed by atoms with Crippen LogP contribution in [0, 0.1) is 17.8 Å². The van der Waals surface area contributed by atoms with Gasteiger partial charge in [0.25, 0.3) is 0 Å². The van der Waals surface area contributed by atoms with Crippen molar-refractivity contribution >= 4 is 33.3 Å². The molecule has 310 valence electrons. The number of rotatable bonds is 7. The molecule has 0 amide bonds. The van der Waals surface area contributed by atoms with Crippen LogP contribution in [0.4, 0.5) is 5.69 Å². The Morgan fingerprint density at radius 3 is 1.77 bits per heavy atom. The Labute approximate surface area is 379 Å². The molecule has 0 fully saturated rings. The number of hydrogen-bond donors (Lipinski definition) is 0. The van der Waals surface area contributed by atoms with E-state index in [9.17, 15) is 0 Å². The van der Waals surface area contributed by atoms with E-state index in [1.54, 1.807) is 0 Å². The molecule has 5 nitrogen and oxygen atoms in total. The Morgan fingerprint density at radius 1 is 0.569 bits per heavy atom. The Bertz CT molecular complexity index is 3500. The first-order valence-corrected chi connectivity index (χ1v) is 22.4. The maximum Gasteiger partial charge on any atom is 0.145 e. The monoisotopic (exact) mass is 835 g/mol. The zero-order valence-corrected chi connectivity index (χ0v) is 36.3. The fraction of sp³-hybridized carbons (Fsp3) is 0.100. The van der Waals surface area contributed by atoms with Crippen molar-refractivity contribution in [3.8, 4) is 46.5 Å². The maximum absolute atomic E-state index is 5.84. The summed E-state index contributed by atoms with van der Waals surface area (Å²) in [5, 5.41) is 0. The number of benzene rings is 7. The Kier molecular flexibility index (Phi) is 8.86. The van der Waals surface area contributed by atoms with Crippen molar-refractivity contribution in [1.29, 1.82) is 0 Å². The molecule has 0 N–H and O–H groups in total. The van der Waals surface area contributed by atoms with E-state index in [0.717, 1.165) is 79.5 Å². The molecule has 3 heterocycles. The number of aromatic nitrogens is 4. The molecule has 5 heteroatoms. The number of fused-ring (bicyclic) bond motifs is 4. The summed E-state index contributed by atoms with van der Waals surface area (Å²) in [7, 11) is 0. The standard InChI is InChI=1S/C60H45N5/c1-4-41-29-32-49(33-30-41)63-53-35-36-59(2,46-20-16-19-44(38-46)58-62-52-26-12-14-28-55(52)65(58)48-23-9-6-10-24-48)40-50(53)60(3)39-45(31-34-56(60)63)42-17-15-18-43(37-42)57-61-51-25-11-13-27-54(51)64(57)47-21-7-5-8-22-47/h1,5-39,56H,40H2,2-3H3. The van der Waals surface area contributed by atoms with Crippen LogP contribution in [0.15, 0.2) is 224 Å². The van der Waals surface area contributed by atoms with Gasteiger partial charge < -0.3 is 4.90 Å². The second kappa shape index (κ2) is 15.0. The van der Waals surface area contributed by atoms with Crippen molar-refractivity contribution in [1.82, 2.24) is 19.1 Å². The van der Waals surface area contributed by atoms with Crippen LogP contribution < -0.4 is 4.90 Å². The van der Waals surface area contributed by atoms with Gasteiger partial charge in [0.15, 0.2) is 0 Å². The van der Waals surface area contributed by atoms with Crippen molar-refractivity contribution in [3.05, 3.63) is 240 Å². The first-order chi connectivity index (χ1) is 31.9. The molecule has 3 atom stereocenters. The number of hydrogen-bond acceptors (Lipinski definition) is 3. The van der Waals surface area contributed by atoms with Gasteiger partial charge in [-0.05, 0) is 127 Å². The highest BCUT2D eigenvalue weighted by Crippen LogP contribution is 2.57. The topological polar surface area (TPSA) is 38.9 Å². The van der Waals surface area contributed by atoms with Gasteiger partial charge >= 0.3 is 0 Å². The molecule has 0 radical (unpaired) electrons. The van der Waals surface area contributed by atoms with Crippen molar-refractivity contribution in [2.75, 3.05) is 4.90 Å². The summed E-state index contributed by atoms with van der Waals surface area (Å²) in [5.41, 5.74) is 16.1.